The Balaban J connectivity index is 1.47. The van der Waals surface area contributed by atoms with Crippen LogP contribution >= 0.6 is 0 Å². The van der Waals surface area contributed by atoms with Gasteiger partial charge in [-0.1, -0.05) is 6.07 Å². The van der Waals surface area contributed by atoms with Gasteiger partial charge in [0.2, 0.25) is 0 Å². The van der Waals surface area contributed by atoms with Crippen molar-refractivity contribution in [1.29, 1.82) is 0 Å². The molecule has 0 bridgehead atoms. The highest BCUT2D eigenvalue weighted by molar-refractivity contribution is 5.99. The molecule has 1 amide bonds. The number of nitrogens with one attached hydrogen (secondary N) is 1. The molecule has 0 radical (unpaired) electrons. The lowest BCUT2D eigenvalue weighted by atomic mass is 10.1. The van der Waals surface area contributed by atoms with Gasteiger partial charge in [0, 0.05) is 37.7 Å². The molecule has 1 N–H and O–H groups in total. The van der Waals surface area contributed by atoms with Gasteiger partial charge in [0.25, 0.3) is 5.91 Å². The van der Waals surface area contributed by atoms with E-state index in [0.717, 1.165) is 37.3 Å². The standard InChI is InChI=1S/C18H20N6O/c1-13-5-6-16(20-10-13)23-8-2-4-14(12-23)22-18(25)15-11-21-24-9-3-7-19-17(15)24/h3,5-7,9-11,14H,2,4,8,12H2,1H3,(H,22,25). The Kier molecular flexibility index (Phi) is 4.05. The number of piperidine rings is 1. The molecule has 1 aliphatic heterocycles. The van der Waals surface area contributed by atoms with Crippen molar-refractivity contribution in [3.63, 3.8) is 0 Å². The maximum absolute atomic E-state index is 12.6. The molecule has 0 aromatic carbocycles. The van der Waals surface area contributed by atoms with Crippen molar-refractivity contribution in [3.8, 4) is 0 Å². The average Bonchev–Trinajstić information content (AvgIpc) is 3.07. The smallest absolute Gasteiger partial charge is 0.257 e. The van der Waals surface area contributed by atoms with Gasteiger partial charge in [-0.2, -0.15) is 5.10 Å². The van der Waals surface area contributed by atoms with Crippen LogP contribution in [0.4, 0.5) is 5.82 Å². The van der Waals surface area contributed by atoms with E-state index >= 15 is 0 Å². The number of anilines is 1. The first-order chi connectivity index (χ1) is 12.2. The number of carbonyl (C=O) groups is 1. The second kappa shape index (κ2) is 6.51. The summed E-state index contributed by atoms with van der Waals surface area (Å²) in [6, 6.07) is 5.97. The topological polar surface area (TPSA) is 75.4 Å². The molecule has 4 rings (SSSR count). The van der Waals surface area contributed by atoms with Crippen molar-refractivity contribution < 1.29 is 4.79 Å². The Morgan fingerprint density at radius 3 is 3.04 bits per heavy atom. The van der Waals surface area contributed by atoms with Crippen LogP contribution in [0.25, 0.3) is 5.65 Å². The molecule has 0 aliphatic carbocycles. The van der Waals surface area contributed by atoms with Gasteiger partial charge in [0.1, 0.15) is 11.4 Å². The van der Waals surface area contributed by atoms with E-state index in [1.54, 1.807) is 29.2 Å². The van der Waals surface area contributed by atoms with E-state index in [0.29, 0.717) is 11.2 Å². The molecule has 3 aromatic rings. The third kappa shape index (κ3) is 3.17. The van der Waals surface area contributed by atoms with Crippen LogP contribution in [-0.4, -0.2) is 44.6 Å². The molecule has 0 spiro atoms. The van der Waals surface area contributed by atoms with Gasteiger partial charge in [-0.05, 0) is 37.5 Å². The predicted octanol–water partition coefficient (Wildman–Crippen LogP) is 1.83. The van der Waals surface area contributed by atoms with Gasteiger partial charge >= 0.3 is 0 Å². The first-order valence-corrected chi connectivity index (χ1v) is 8.47. The lowest BCUT2D eigenvalue weighted by Gasteiger charge is -2.34. The molecular weight excluding hydrogens is 316 g/mol. The number of nitrogens with zero attached hydrogens (tertiary/aromatic N) is 5. The van der Waals surface area contributed by atoms with Crippen molar-refractivity contribution in [2.75, 3.05) is 18.0 Å². The number of hydrogen-bond donors (Lipinski definition) is 1. The first kappa shape index (κ1) is 15.6. The van der Waals surface area contributed by atoms with Crippen LogP contribution in [-0.2, 0) is 0 Å². The van der Waals surface area contributed by atoms with Crippen LogP contribution < -0.4 is 10.2 Å². The summed E-state index contributed by atoms with van der Waals surface area (Å²) >= 11 is 0. The zero-order chi connectivity index (χ0) is 17.2. The summed E-state index contributed by atoms with van der Waals surface area (Å²) in [4.78, 5) is 23.6. The van der Waals surface area contributed by atoms with Crippen molar-refractivity contribution in [3.05, 3.63) is 54.1 Å². The molecule has 1 unspecified atom stereocenters. The first-order valence-electron chi connectivity index (χ1n) is 8.47. The molecule has 3 aromatic heterocycles. The van der Waals surface area contributed by atoms with Gasteiger partial charge in [-0.3, -0.25) is 4.79 Å². The molecule has 7 heteroatoms. The fourth-order valence-corrected chi connectivity index (χ4v) is 3.20. The van der Waals surface area contributed by atoms with Crippen molar-refractivity contribution >= 4 is 17.4 Å². The number of aryl methyl sites for hydroxylation is 1. The van der Waals surface area contributed by atoms with Crippen molar-refractivity contribution in [1.82, 2.24) is 24.9 Å². The summed E-state index contributed by atoms with van der Waals surface area (Å²) in [6.45, 7) is 3.75. The molecule has 1 atom stereocenters. The molecule has 0 saturated carbocycles. The van der Waals surface area contributed by atoms with Gasteiger partial charge in [0.15, 0.2) is 5.65 Å². The van der Waals surface area contributed by atoms with E-state index in [2.05, 4.69) is 31.3 Å². The van der Waals surface area contributed by atoms with Crippen molar-refractivity contribution in [2.45, 2.75) is 25.8 Å². The highest BCUT2D eigenvalue weighted by Crippen LogP contribution is 2.18. The number of aromatic nitrogens is 4. The molecule has 1 saturated heterocycles. The fourth-order valence-electron chi connectivity index (χ4n) is 3.20. The Labute approximate surface area is 145 Å². The quantitative estimate of drug-likeness (QED) is 0.790. The zero-order valence-electron chi connectivity index (χ0n) is 14.1. The molecule has 7 nitrogen and oxygen atoms in total. The minimum atomic E-state index is -0.127. The lowest BCUT2D eigenvalue weighted by molar-refractivity contribution is 0.0934. The Morgan fingerprint density at radius 2 is 2.20 bits per heavy atom. The van der Waals surface area contributed by atoms with Crippen LogP contribution in [0.2, 0.25) is 0 Å². The van der Waals surface area contributed by atoms with E-state index in [1.165, 1.54) is 0 Å². The minimum Gasteiger partial charge on any atom is -0.355 e. The molecule has 4 heterocycles. The third-order valence-electron chi connectivity index (χ3n) is 4.50. The highest BCUT2D eigenvalue weighted by Gasteiger charge is 2.24. The van der Waals surface area contributed by atoms with Crippen LogP contribution in [0.15, 0.2) is 43.0 Å². The summed E-state index contributed by atoms with van der Waals surface area (Å²) in [5, 5.41) is 7.30. The van der Waals surface area contributed by atoms with Crippen molar-refractivity contribution in [2.24, 2.45) is 0 Å². The monoisotopic (exact) mass is 336 g/mol. The molecule has 25 heavy (non-hydrogen) atoms. The summed E-state index contributed by atoms with van der Waals surface area (Å²) in [6.07, 6.45) is 8.87. The van der Waals surface area contributed by atoms with Crippen LogP contribution in [0.1, 0.15) is 28.8 Å². The molecular formula is C18H20N6O. The Hall–Kier alpha value is -2.96. The molecule has 128 valence electrons. The normalized spacial score (nSPS) is 17.6. The van der Waals surface area contributed by atoms with Gasteiger partial charge in [-0.25, -0.2) is 14.5 Å². The fraction of sp³-hybridized carbons (Fsp3) is 0.333. The van der Waals surface area contributed by atoms with Gasteiger partial charge in [0.05, 0.1) is 6.20 Å². The summed E-state index contributed by atoms with van der Waals surface area (Å²) in [5.41, 5.74) is 2.23. The summed E-state index contributed by atoms with van der Waals surface area (Å²) < 4.78 is 1.61. The molecule has 1 fully saturated rings. The summed E-state index contributed by atoms with van der Waals surface area (Å²) in [7, 11) is 0. The maximum atomic E-state index is 12.6. The van der Waals surface area contributed by atoms with E-state index in [9.17, 15) is 4.79 Å². The SMILES string of the molecule is Cc1ccc(N2CCCC(NC(=O)c3cnn4cccnc34)C2)nc1. The number of amides is 1. The number of rotatable bonds is 3. The van der Waals surface area contributed by atoms with Crippen LogP contribution in [0.5, 0.6) is 0 Å². The predicted molar refractivity (Wildman–Crippen MR) is 94.7 cm³/mol. The second-order valence-electron chi connectivity index (χ2n) is 6.40. The maximum Gasteiger partial charge on any atom is 0.257 e. The largest absolute Gasteiger partial charge is 0.355 e. The van der Waals surface area contributed by atoms with E-state index in [1.807, 2.05) is 19.2 Å². The molecule has 1 aliphatic rings. The third-order valence-corrected chi connectivity index (χ3v) is 4.50. The Bertz CT molecular complexity index is 888. The van der Waals surface area contributed by atoms with Gasteiger partial charge in [-0.15, -0.1) is 0 Å². The van der Waals surface area contributed by atoms with E-state index < -0.39 is 0 Å². The number of carbonyl (C=O) groups excluding carboxylic acids is 1. The zero-order valence-corrected chi connectivity index (χ0v) is 14.1. The van der Waals surface area contributed by atoms with Crippen LogP contribution in [0, 0.1) is 6.92 Å². The lowest BCUT2D eigenvalue weighted by Crippen LogP contribution is -2.48. The Morgan fingerprint density at radius 1 is 1.28 bits per heavy atom. The highest BCUT2D eigenvalue weighted by atomic mass is 16.1. The van der Waals surface area contributed by atoms with Gasteiger partial charge < -0.3 is 10.2 Å². The minimum absolute atomic E-state index is 0.0861. The number of fused-ring (bicyclic) bond motifs is 1. The number of pyridine rings is 1. The van der Waals surface area contributed by atoms with Crippen LogP contribution in [0.3, 0.4) is 0 Å². The van der Waals surface area contributed by atoms with E-state index in [4.69, 9.17) is 0 Å². The van der Waals surface area contributed by atoms with E-state index in [-0.39, 0.29) is 11.9 Å². The summed E-state index contributed by atoms with van der Waals surface area (Å²) in [5.74, 6) is 0.833. The average molecular weight is 336 g/mol. The second-order valence-corrected chi connectivity index (χ2v) is 6.40. The number of hydrogen-bond acceptors (Lipinski definition) is 5.